The van der Waals surface area contributed by atoms with Crippen molar-refractivity contribution in [2.75, 3.05) is 53.3 Å². The monoisotopic (exact) mass is 871 g/mol. The van der Waals surface area contributed by atoms with Crippen molar-refractivity contribution in [1.29, 1.82) is 0 Å². The topological polar surface area (TPSA) is 209 Å². The number of fused-ring (bicyclic) bond motifs is 2. The van der Waals surface area contributed by atoms with E-state index < -0.39 is 28.8 Å². The predicted molar refractivity (Wildman–Crippen MR) is 232 cm³/mol. The number of hydrogen-bond donors (Lipinski definition) is 3. The summed E-state index contributed by atoms with van der Waals surface area (Å²) in [5, 5.41) is 45.4. The van der Waals surface area contributed by atoms with Gasteiger partial charge in [-0.15, -0.1) is 6.58 Å². The van der Waals surface area contributed by atoms with Crippen molar-refractivity contribution in [2.45, 2.75) is 69.3 Å². The number of ether oxygens (including phenoxy) is 5. The van der Waals surface area contributed by atoms with Crippen LogP contribution in [0.5, 0.6) is 17.2 Å². The van der Waals surface area contributed by atoms with E-state index in [1.807, 2.05) is 12.1 Å². The Labute approximate surface area is 366 Å². The van der Waals surface area contributed by atoms with Gasteiger partial charge in [0.25, 0.3) is 5.69 Å². The van der Waals surface area contributed by atoms with Gasteiger partial charge in [-0.1, -0.05) is 42.3 Å². The standard InChI is InChI=1S/C47H57N3O13/c1-3-23-60-47-43(49(46(55)58-2)19-24-59-25-22-53)29-41(48-61-31-32-13-15-35(16-14-32)50(56)57)39-27-34(10-4-6-20-51)38(12-5-7-21-52)44(45(39)47)40-28-37(17-18-42(40)63-47)62-36-11-8-9-33(26-36)30-54/h3,8-9,11,13-18,26-28,30,34,38,43-45,51-53H,1,4-7,10,12,19-25,29,31H2,2H3/t34-,38+,43-,44+,45+,47+/m0/s1. The van der Waals surface area contributed by atoms with E-state index in [0.717, 1.165) is 30.3 Å². The van der Waals surface area contributed by atoms with Gasteiger partial charge in [-0.2, -0.15) is 0 Å². The van der Waals surface area contributed by atoms with Gasteiger partial charge < -0.3 is 43.8 Å². The molecule has 3 N–H and O–H groups in total. The SMILES string of the molecule is C=CCO[C@@]12Oc3ccc(Oc4cccc(C=O)c4)cc3[C@H]3[C@H](CCCCO)[C@@H](CCCCO)C=C(C(=NOCc4ccc([N+](=O)[O-])cc4)C[C@@H]1N(CCOCCO)C(=O)OC)[C@H]32. The van der Waals surface area contributed by atoms with Crippen molar-refractivity contribution in [3.8, 4) is 17.2 Å². The van der Waals surface area contributed by atoms with Crippen LogP contribution in [0.25, 0.3) is 0 Å². The normalized spacial score (nSPS) is 22.8. The van der Waals surface area contributed by atoms with E-state index in [1.54, 1.807) is 48.5 Å². The van der Waals surface area contributed by atoms with Gasteiger partial charge in [-0.05, 0) is 91.1 Å². The number of aliphatic hydroxyl groups excluding tert-OH is 3. The number of carbonyl (C=O) groups excluding carboxylic acids is 2. The number of benzene rings is 3. The summed E-state index contributed by atoms with van der Waals surface area (Å²) in [6.45, 7) is 4.02. The van der Waals surface area contributed by atoms with Crippen LogP contribution in [0.4, 0.5) is 10.5 Å². The maximum atomic E-state index is 14.0. The molecular formula is C47H57N3O13. The fraction of sp³-hybridized carbons (Fsp3) is 0.468. The van der Waals surface area contributed by atoms with Crippen LogP contribution >= 0.6 is 0 Å². The maximum Gasteiger partial charge on any atom is 0.410 e. The fourth-order valence-corrected chi connectivity index (χ4v) is 9.22. The summed E-state index contributed by atoms with van der Waals surface area (Å²) < 4.78 is 31.6. The molecule has 0 aromatic heterocycles. The van der Waals surface area contributed by atoms with Crippen molar-refractivity contribution >= 4 is 23.8 Å². The zero-order valence-electron chi connectivity index (χ0n) is 35.5. The lowest BCUT2D eigenvalue weighted by atomic mass is 9.55. The van der Waals surface area contributed by atoms with Gasteiger partial charge in [0.2, 0.25) is 5.79 Å². The fourth-order valence-electron chi connectivity index (χ4n) is 9.22. The van der Waals surface area contributed by atoms with Gasteiger partial charge in [0.1, 0.15) is 36.2 Å². The Bertz CT molecular complexity index is 2090. The van der Waals surface area contributed by atoms with Crippen molar-refractivity contribution < 1.29 is 58.4 Å². The van der Waals surface area contributed by atoms with E-state index in [9.17, 15) is 35.0 Å². The third-order valence-corrected chi connectivity index (χ3v) is 11.9. The Balaban J connectivity index is 1.56. The van der Waals surface area contributed by atoms with E-state index in [1.165, 1.54) is 24.1 Å². The third kappa shape index (κ3) is 10.9. The highest BCUT2D eigenvalue weighted by molar-refractivity contribution is 6.03. The number of aldehydes is 1. The largest absolute Gasteiger partial charge is 0.459 e. The minimum Gasteiger partial charge on any atom is -0.459 e. The summed E-state index contributed by atoms with van der Waals surface area (Å²) >= 11 is 0. The molecule has 1 amide bonds. The Hall–Kier alpha value is -5.65. The average molecular weight is 872 g/mol. The molecule has 6 rings (SSSR count). The highest BCUT2D eigenvalue weighted by Crippen LogP contribution is 2.62. The second kappa shape index (κ2) is 22.6. The summed E-state index contributed by atoms with van der Waals surface area (Å²) in [7, 11) is 1.29. The van der Waals surface area contributed by atoms with Gasteiger partial charge in [0.05, 0.1) is 50.1 Å². The number of hydrogen-bond acceptors (Lipinski definition) is 14. The summed E-state index contributed by atoms with van der Waals surface area (Å²) in [6, 6.07) is 17.5. The van der Waals surface area contributed by atoms with E-state index in [-0.39, 0.29) is 82.7 Å². The van der Waals surface area contributed by atoms with Crippen LogP contribution in [0.1, 0.15) is 72.3 Å². The Morgan fingerprint density at radius 3 is 2.46 bits per heavy atom. The molecular weight excluding hydrogens is 815 g/mol. The minimum absolute atomic E-state index is 0.00356. The molecule has 0 radical (unpaired) electrons. The number of unbranched alkanes of at least 4 members (excludes halogenated alkanes) is 2. The first-order chi connectivity index (χ1) is 30.7. The number of allylic oxidation sites excluding steroid dienone is 1. The summed E-state index contributed by atoms with van der Waals surface area (Å²) in [4.78, 5) is 44.1. The van der Waals surface area contributed by atoms with E-state index in [4.69, 9.17) is 33.7 Å². The van der Waals surface area contributed by atoms with Crippen molar-refractivity contribution in [3.05, 3.63) is 118 Å². The number of nitro benzene ring substituents is 1. The van der Waals surface area contributed by atoms with Crippen molar-refractivity contribution in [3.63, 3.8) is 0 Å². The van der Waals surface area contributed by atoms with Gasteiger partial charge in [-0.25, -0.2) is 4.79 Å². The lowest BCUT2D eigenvalue weighted by Crippen LogP contribution is -2.70. The van der Waals surface area contributed by atoms with Crippen LogP contribution in [-0.4, -0.2) is 108 Å². The van der Waals surface area contributed by atoms with Crippen LogP contribution < -0.4 is 9.47 Å². The number of aliphatic hydroxyl groups is 3. The number of carbonyl (C=O) groups is 2. The van der Waals surface area contributed by atoms with Crippen LogP contribution in [0.15, 0.2) is 96.2 Å². The summed E-state index contributed by atoms with van der Waals surface area (Å²) in [5.74, 6) is -1.15. The van der Waals surface area contributed by atoms with Crippen LogP contribution in [-0.2, 0) is 25.7 Å². The molecule has 0 spiro atoms. The van der Waals surface area contributed by atoms with Gasteiger partial charge >= 0.3 is 6.09 Å². The first kappa shape index (κ1) is 46.8. The number of rotatable bonds is 24. The molecule has 1 saturated carbocycles. The van der Waals surface area contributed by atoms with Crippen molar-refractivity contribution in [2.24, 2.45) is 22.9 Å². The third-order valence-electron chi connectivity index (χ3n) is 11.9. The number of amides is 1. The second-order valence-corrected chi connectivity index (χ2v) is 15.8. The minimum atomic E-state index is -1.56. The molecule has 3 aromatic carbocycles. The predicted octanol–water partition coefficient (Wildman–Crippen LogP) is 7.11. The maximum absolute atomic E-state index is 14.0. The number of oxime groups is 1. The summed E-state index contributed by atoms with van der Waals surface area (Å²) in [6.07, 6.45) is 8.10. The molecule has 0 unspecified atom stereocenters. The Morgan fingerprint density at radius 2 is 1.76 bits per heavy atom. The van der Waals surface area contributed by atoms with Gasteiger partial charge in [-0.3, -0.25) is 19.8 Å². The molecule has 16 nitrogen and oxygen atoms in total. The number of non-ortho nitro benzene ring substituents is 1. The number of methoxy groups -OCH3 is 1. The summed E-state index contributed by atoms with van der Waals surface area (Å²) in [5.41, 5.74) is 3.22. The van der Waals surface area contributed by atoms with E-state index in [2.05, 4.69) is 12.7 Å². The molecule has 6 atom stereocenters. The first-order valence-electron chi connectivity index (χ1n) is 21.4. The molecule has 1 heterocycles. The quantitative estimate of drug-likeness (QED) is 0.0270. The Kier molecular flexibility index (Phi) is 16.8. The molecule has 1 aliphatic heterocycles. The highest BCUT2D eigenvalue weighted by atomic mass is 16.7. The first-order valence-corrected chi connectivity index (χ1v) is 21.4. The molecule has 3 aromatic rings. The van der Waals surface area contributed by atoms with Gasteiger partial charge in [0, 0.05) is 55.4 Å². The number of nitro groups is 1. The molecule has 0 bridgehead atoms. The average Bonchev–Trinajstić information content (AvgIpc) is 3.30. The molecule has 63 heavy (non-hydrogen) atoms. The smallest absolute Gasteiger partial charge is 0.410 e. The Morgan fingerprint density at radius 1 is 1.00 bits per heavy atom. The molecule has 0 saturated heterocycles. The van der Waals surface area contributed by atoms with Crippen molar-refractivity contribution in [1.82, 2.24) is 4.90 Å². The van der Waals surface area contributed by atoms with E-state index >= 15 is 0 Å². The number of nitrogens with zero attached hydrogens (tertiary/aromatic N) is 3. The molecule has 2 aliphatic carbocycles. The van der Waals surface area contributed by atoms with E-state index in [0.29, 0.717) is 59.8 Å². The zero-order chi connectivity index (χ0) is 44.8. The molecule has 1 fully saturated rings. The zero-order valence-corrected chi connectivity index (χ0v) is 35.5. The van der Waals surface area contributed by atoms with Crippen LogP contribution in [0.3, 0.4) is 0 Å². The molecule has 3 aliphatic rings. The van der Waals surface area contributed by atoms with Crippen LogP contribution in [0.2, 0.25) is 0 Å². The van der Waals surface area contributed by atoms with Gasteiger partial charge in [0.15, 0.2) is 0 Å². The molecule has 16 heteroatoms. The van der Waals surface area contributed by atoms with Crippen LogP contribution in [0, 0.1) is 27.9 Å². The lowest BCUT2D eigenvalue weighted by Gasteiger charge is -2.59. The highest BCUT2D eigenvalue weighted by Gasteiger charge is 2.65. The lowest BCUT2D eigenvalue weighted by molar-refractivity contribution is -0.384. The molecule has 338 valence electrons. The second-order valence-electron chi connectivity index (χ2n) is 15.8.